The summed E-state index contributed by atoms with van der Waals surface area (Å²) in [5, 5.41) is 0.597. The zero-order chi connectivity index (χ0) is 17.7. The van der Waals surface area contributed by atoms with Crippen LogP contribution >= 0.6 is 11.6 Å². The van der Waals surface area contributed by atoms with Gasteiger partial charge in [0.15, 0.2) is 0 Å². The first-order valence-electron chi connectivity index (χ1n) is 8.20. The Morgan fingerprint density at radius 1 is 1.40 bits per heavy atom. The van der Waals surface area contributed by atoms with Crippen molar-refractivity contribution in [2.75, 3.05) is 26.3 Å². The molecule has 1 amide bonds. The third-order valence-corrected chi connectivity index (χ3v) is 4.41. The molecule has 1 aliphatic rings. The van der Waals surface area contributed by atoms with Crippen LogP contribution < -0.4 is 10.5 Å². The van der Waals surface area contributed by atoms with Gasteiger partial charge in [0.1, 0.15) is 18.0 Å². The van der Waals surface area contributed by atoms with Gasteiger partial charge in [-0.2, -0.15) is 0 Å². The molecule has 3 N–H and O–H groups in total. The lowest BCUT2D eigenvalue weighted by molar-refractivity contribution is -0.148. The maximum absolute atomic E-state index is 11.6. The Balaban J connectivity index is 1.69. The van der Waals surface area contributed by atoms with Crippen molar-refractivity contribution in [3.63, 3.8) is 0 Å². The summed E-state index contributed by atoms with van der Waals surface area (Å²) in [6, 6.07) is 11.2. The number of nitrogens with two attached hydrogens (primary N) is 1. The summed E-state index contributed by atoms with van der Waals surface area (Å²) in [5.74, 6) is 0.234. The lowest BCUT2D eigenvalue weighted by Crippen LogP contribution is -2.56. The van der Waals surface area contributed by atoms with E-state index in [-0.39, 0.29) is 13.0 Å². The van der Waals surface area contributed by atoms with Gasteiger partial charge in [0, 0.05) is 36.5 Å². The second-order valence-corrected chi connectivity index (χ2v) is 6.76. The number of halogens is 1. The third-order valence-electron chi connectivity index (χ3n) is 4.18. The lowest BCUT2D eigenvalue weighted by Gasteiger charge is -2.41. The number of amides is 1. The molecule has 0 unspecified atom stereocenters. The maximum Gasteiger partial charge on any atom is 0.220 e. The molecule has 2 aromatic rings. The van der Waals surface area contributed by atoms with Crippen molar-refractivity contribution in [2.45, 2.75) is 18.6 Å². The number of ether oxygens (including phenoxy) is 2. The largest absolute Gasteiger partial charge is 0.490 e. The molecular weight excluding hydrogens is 342 g/mol. The third kappa shape index (κ3) is 4.98. The lowest BCUT2D eigenvalue weighted by atomic mass is 9.97. The number of aromatic nitrogens is 1. The number of benzene rings is 1. The topological polar surface area (TPSA) is 80.6 Å². The number of carbonyl (C=O) groups is 1. The molecule has 7 heteroatoms. The fourth-order valence-electron chi connectivity index (χ4n) is 3.10. The van der Waals surface area contributed by atoms with Crippen LogP contribution in [0.4, 0.5) is 0 Å². The van der Waals surface area contributed by atoms with Crippen molar-refractivity contribution >= 4 is 17.5 Å². The summed E-state index contributed by atoms with van der Waals surface area (Å²) in [6.45, 7) is 2.87. The summed E-state index contributed by atoms with van der Waals surface area (Å²) in [4.78, 5) is 17.0. The number of primary amides is 1. The van der Waals surface area contributed by atoms with Crippen LogP contribution in [0.25, 0.3) is 0 Å². The van der Waals surface area contributed by atoms with Gasteiger partial charge >= 0.3 is 0 Å². The monoisotopic (exact) mass is 363 g/mol. The molecule has 6 nitrogen and oxygen atoms in total. The Morgan fingerprint density at radius 3 is 3.00 bits per heavy atom. The van der Waals surface area contributed by atoms with Gasteiger partial charge in [-0.25, -0.2) is 0 Å². The van der Waals surface area contributed by atoms with E-state index >= 15 is 0 Å². The quantitative estimate of drug-likeness (QED) is 0.790. The van der Waals surface area contributed by atoms with Crippen LogP contribution in [0, 0.1) is 0 Å². The molecule has 0 bridgehead atoms. The highest BCUT2D eigenvalue weighted by molar-refractivity contribution is 6.30. The maximum atomic E-state index is 11.6. The summed E-state index contributed by atoms with van der Waals surface area (Å²) in [7, 11) is 0. The molecule has 1 aromatic carbocycles. The van der Waals surface area contributed by atoms with Crippen LogP contribution in [0.1, 0.15) is 12.1 Å². The number of morpholine rings is 1. The highest BCUT2D eigenvalue weighted by Crippen LogP contribution is 2.26. The summed E-state index contributed by atoms with van der Waals surface area (Å²) in [6.07, 6.45) is 2.00. The molecule has 0 saturated carbocycles. The molecule has 3 rings (SSSR count). The molecule has 25 heavy (non-hydrogen) atoms. The molecule has 1 atom stereocenters. The average Bonchev–Trinajstić information content (AvgIpc) is 3.06. The summed E-state index contributed by atoms with van der Waals surface area (Å²) in [5.41, 5.74) is 5.81. The van der Waals surface area contributed by atoms with Crippen LogP contribution in [-0.2, 0) is 16.1 Å². The number of aromatic amines is 1. The molecule has 0 radical (unpaired) electrons. The number of nitrogens with one attached hydrogen (secondary N) is 1. The SMILES string of the molecule is NC(=O)C[C@]1(COc2cccc(Cl)c2)CN(Cc2ccc[nH]2)CCO1. The van der Waals surface area contributed by atoms with Gasteiger partial charge in [-0.1, -0.05) is 17.7 Å². The first-order chi connectivity index (χ1) is 12.0. The molecule has 0 aliphatic carbocycles. The zero-order valence-corrected chi connectivity index (χ0v) is 14.7. The van der Waals surface area contributed by atoms with Gasteiger partial charge in [-0.3, -0.25) is 9.69 Å². The van der Waals surface area contributed by atoms with E-state index in [0.717, 1.165) is 18.8 Å². The summed E-state index contributed by atoms with van der Waals surface area (Å²) >= 11 is 5.99. The van der Waals surface area contributed by atoms with Gasteiger partial charge in [-0.15, -0.1) is 0 Å². The fourth-order valence-corrected chi connectivity index (χ4v) is 3.28. The molecule has 134 valence electrons. The normalized spacial score (nSPS) is 21.2. The van der Waals surface area contributed by atoms with Crippen LogP contribution in [-0.4, -0.2) is 47.7 Å². The van der Waals surface area contributed by atoms with Crippen LogP contribution in [0.5, 0.6) is 5.75 Å². The second kappa shape index (κ2) is 7.91. The first-order valence-corrected chi connectivity index (χ1v) is 8.58. The minimum Gasteiger partial charge on any atom is -0.490 e. The summed E-state index contributed by atoms with van der Waals surface area (Å²) < 4.78 is 11.8. The molecule has 1 saturated heterocycles. The Hall–Kier alpha value is -2.02. The molecule has 1 fully saturated rings. The first kappa shape index (κ1) is 17.8. The van der Waals surface area contributed by atoms with Gasteiger partial charge in [0.25, 0.3) is 0 Å². The van der Waals surface area contributed by atoms with Gasteiger partial charge < -0.3 is 20.2 Å². The van der Waals surface area contributed by atoms with E-state index in [0.29, 0.717) is 23.9 Å². The fraction of sp³-hybridized carbons (Fsp3) is 0.389. The Bertz CT molecular complexity index is 707. The molecule has 1 aromatic heterocycles. The van der Waals surface area contributed by atoms with Crippen molar-refractivity contribution in [1.29, 1.82) is 0 Å². The van der Waals surface area contributed by atoms with E-state index < -0.39 is 11.5 Å². The van der Waals surface area contributed by atoms with Crippen molar-refractivity contribution in [3.05, 3.63) is 53.3 Å². The van der Waals surface area contributed by atoms with Gasteiger partial charge in [-0.05, 0) is 30.3 Å². The Kier molecular flexibility index (Phi) is 5.63. The highest BCUT2D eigenvalue weighted by Gasteiger charge is 2.39. The second-order valence-electron chi connectivity index (χ2n) is 6.33. The van der Waals surface area contributed by atoms with Gasteiger partial charge in [0.05, 0.1) is 13.0 Å². The minimum absolute atomic E-state index is 0.106. The van der Waals surface area contributed by atoms with E-state index in [2.05, 4.69) is 9.88 Å². The van der Waals surface area contributed by atoms with Crippen LogP contribution in [0.3, 0.4) is 0 Å². The van der Waals surface area contributed by atoms with Crippen molar-refractivity contribution in [3.8, 4) is 5.75 Å². The highest BCUT2D eigenvalue weighted by atomic mass is 35.5. The molecular formula is C18H22ClN3O3. The Morgan fingerprint density at radius 2 is 2.28 bits per heavy atom. The number of rotatable bonds is 7. The van der Waals surface area contributed by atoms with Crippen molar-refractivity contribution < 1.29 is 14.3 Å². The minimum atomic E-state index is -0.765. The van der Waals surface area contributed by atoms with Crippen LogP contribution in [0.2, 0.25) is 5.02 Å². The van der Waals surface area contributed by atoms with Crippen LogP contribution in [0.15, 0.2) is 42.6 Å². The number of nitrogens with zero attached hydrogens (tertiary/aromatic N) is 1. The van der Waals surface area contributed by atoms with E-state index in [1.165, 1.54) is 0 Å². The van der Waals surface area contributed by atoms with E-state index in [9.17, 15) is 4.79 Å². The van der Waals surface area contributed by atoms with Crippen molar-refractivity contribution in [2.24, 2.45) is 5.73 Å². The number of H-pyrrole nitrogens is 1. The van der Waals surface area contributed by atoms with Crippen molar-refractivity contribution in [1.82, 2.24) is 9.88 Å². The number of hydrogen-bond donors (Lipinski definition) is 2. The zero-order valence-electron chi connectivity index (χ0n) is 13.9. The predicted octanol–water partition coefficient (Wildman–Crippen LogP) is 2.19. The van der Waals surface area contributed by atoms with Gasteiger partial charge in [0.2, 0.25) is 5.91 Å². The smallest absolute Gasteiger partial charge is 0.220 e. The molecule has 0 spiro atoms. The van der Waals surface area contributed by atoms with E-state index in [1.54, 1.807) is 12.1 Å². The number of carbonyl (C=O) groups excluding carboxylic acids is 1. The molecule has 1 aliphatic heterocycles. The number of hydrogen-bond acceptors (Lipinski definition) is 4. The van der Waals surface area contributed by atoms with E-state index in [4.69, 9.17) is 26.8 Å². The van der Waals surface area contributed by atoms with E-state index in [1.807, 2.05) is 30.5 Å². The Labute approximate surface area is 151 Å². The standard InChI is InChI=1S/C18H22ClN3O3/c19-14-3-1-5-16(9-14)24-13-18(10-17(20)23)12-22(7-8-25-18)11-15-4-2-6-21-15/h1-6,9,21H,7-8,10-13H2,(H2,20,23)/t18-/m1/s1. The average molecular weight is 364 g/mol. The molecule has 2 heterocycles. The predicted molar refractivity (Wildman–Crippen MR) is 95.5 cm³/mol.